The number of hydrogen-bond donors (Lipinski definition) is 1. The molecular weight excluding hydrogens is 318 g/mol. The average molecular weight is 347 g/mol. The molecule has 3 heterocycles. The second-order valence-corrected chi connectivity index (χ2v) is 6.76. The highest BCUT2D eigenvalue weighted by molar-refractivity contribution is 5.94. The van der Waals surface area contributed by atoms with Gasteiger partial charge in [-0.2, -0.15) is 0 Å². The quantitative estimate of drug-likeness (QED) is 0.746. The minimum Gasteiger partial charge on any atom is -0.379 e. The maximum absolute atomic E-state index is 12.2. The van der Waals surface area contributed by atoms with Crippen LogP contribution in [0.3, 0.4) is 0 Å². The summed E-state index contributed by atoms with van der Waals surface area (Å²) in [5.74, 6) is 0.913. The minimum atomic E-state index is -0.0422. The number of carbonyl (C=O) groups excluding carboxylic acids is 1. The molecule has 3 rings (SSSR count). The summed E-state index contributed by atoms with van der Waals surface area (Å²) in [6.45, 7) is 9.38. The molecule has 25 heavy (non-hydrogen) atoms. The average Bonchev–Trinajstić information content (AvgIpc) is 2.67. The number of rotatable bonds is 6. The van der Waals surface area contributed by atoms with Gasteiger partial charge in [-0.15, -0.1) is 0 Å². The fourth-order valence-electron chi connectivity index (χ4n) is 3.17. The first kappa shape index (κ1) is 18.1. The molecule has 2 aliphatic rings. The highest BCUT2D eigenvalue weighted by atomic mass is 16.5. The van der Waals surface area contributed by atoms with Crippen molar-refractivity contribution in [2.24, 2.45) is 0 Å². The van der Waals surface area contributed by atoms with Gasteiger partial charge in [0, 0.05) is 52.0 Å². The molecule has 1 aromatic rings. The van der Waals surface area contributed by atoms with Gasteiger partial charge < -0.3 is 19.9 Å². The fourth-order valence-corrected chi connectivity index (χ4v) is 3.17. The highest BCUT2D eigenvalue weighted by Gasteiger charge is 2.16. The van der Waals surface area contributed by atoms with Gasteiger partial charge in [0.2, 0.25) is 0 Å². The number of anilines is 1. The van der Waals surface area contributed by atoms with E-state index in [1.54, 1.807) is 6.20 Å². The monoisotopic (exact) mass is 347 g/mol. The molecule has 1 amide bonds. The van der Waals surface area contributed by atoms with E-state index in [9.17, 15) is 4.79 Å². The molecule has 0 bridgehead atoms. The number of nitrogens with zero attached hydrogens (tertiary/aromatic N) is 4. The molecule has 1 N–H and O–H groups in total. The Morgan fingerprint density at radius 2 is 1.92 bits per heavy atom. The van der Waals surface area contributed by atoms with Crippen molar-refractivity contribution in [2.45, 2.75) is 6.42 Å². The summed E-state index contributed by atoms with van der Waals surface area (Å²) in [4.78, 5) is 23.7. The number of carbonyl (C=O) groups is 1. The van der Waals surface area contributed by atoms with Gasteiger partial charge in [0.05, 0.1) is 18.8 Å². The van der Waals surface area contributed by atoms with E-state index < -0.39 is 0 Å². The van der Waals surface area contributed by atoms with Gasteiger partial charge in [-0.05, 0) is 32.1 Å². The van der Waals surface area contributed by atoms with E-state index >= 15 is 0 Å². The lowest BCUT2D eigenvalue weighted by Crippen LogP contribution is -2.44. The van der Waals surface area contributed by atoms with Gasteiger partial charge >= 0.3 is 0 Å². The largest absolute Gasteiger partial charge is 0.379 e. The first-order valence-corrected chi connectivity index (χ1v) is 9.20. The Bertz CT molecular complexity index is 537. The van der Waals surface area contributed by atoms with Crippen LogP contribution in [0.1, 0.15) is 16.8 Å². The lowest BCUT2D eigenvalue weighted by Gasteiger charge is -2.33. The number of hydrogen-bond acceptors (Lipinski definition) is 6. The Labute approximate surface area is 149 Å². The Balaban J connectivity index is 1.39. The van der Waals surface area contributed by atoms with Crippen molar-refractivity contribution in [3.63, 3.8) is 0 Å². The van der Waals surface area contributed by atoms with Gasteiger partial charge in [0.25, 0.3) is 5.91 Å². The van der Waals surface area contributed by atoms with Gasteiger partial charge in [0.1, 0.15) is 5.82 Å². The van der Waals surface area contributed by atoms with Crippen molar-refractivity contribution >= 4 is 11.7 Å². The van der Waals surface area contributed by atoms with Crippen LogP contribution in [0, 0.1) is 0 Å². The number of piperazine rings is 1. The maximum Gasteiger partial charge on any atom is 0.252 e. The first-order chi connectivity index (χ1) is 12.2. The molecule has 0 radical (unpaired) electrons. The van der Waals surface area contributed by atoms with Crippen molar-refractivity contribution in [1.82, 2.24) is 20.1 Å². The van der Waals surface area contributed by atoms with Crippen molar-refractivity contribution < 1.29 is 9.53 Å². The van der Waals surface area contributed by atoms with Crippen molar-refractivity contribution in [2.75, 3.05) is 77.5 Å². The predicted octanol–water partition coefficient (Wildman–Crippen LogP) is 0.286. The Hall–Kier alpha value is -1.70. The fraction of sp³-hybridized carbons (Fsp3) is 0.667. The van der Waals surface area contributed by atoms with Crippen LogP contribution in [-0.2, 0) is 4.74 Å². The van der Waals surface area contributed by atoms with E-state index in [4.69, 9.17) is 4.74 Å². The standard InChI is InChI=1S/C18H29N5O2/c1-21-7-9-23(10-8-21)17-4-3-16(15-20-17)18(24)19-5-2-6-22-11-13-25-14-12-22/h3-4,15H,2,5-14H2,1H3,(H,19,24). The van der Waals surface area contributed by atoms with Gasteiger partial charge in [-0.3, -0.25) is 9.69 Å². The molecule has 0 atom stereocenters. The summed E-state index contributed by atoms with van der Waals surface area (Å²) >= 11 is 0. The number of ether oxygens (including phenoxy) is 1. The van der Waals surface area contributed by atoms with Gasteiger partial charge in [0.15, 0.2) is 0 Å². The summed E-state index contributed by atoms with van der Waals surface area (Å²) in [7, 11) is 2.14. The molecule has 0 saturated carbocycles. The third-order valence-corrected chi connectivity index (χ3v) is 4.88. The molecule has 7 nitrogen and oxygen atoms in total. The number of aromatic nitrogens is 1. The molecule has 7 heteroatoms. The molecule has 0 unspecified atom stereocenters. The number of pyridine rings is 1. The van der Waals surface area contributed by atoms with E-state index in [1.807, 2.05) is 12.1 Å². The normalized spacial score (nSPS) is 19.8. The molecule has 2 saturated heterocycles. The summed E-state index contributed by atoms with van der Waals surface area (Å²) < 4.78 is 5.34. The topological polar surface area (TPSA) is 60.9 Å². The second-order valence-electron chi connectivity index (χ2n) is 6.76. The predicted molar refractivity (Wildman–Crippen MR) is 98.2 cm³/mol. The van der Waals surface area contributed by atoms with Crippen LogP contribution in [0.2, 0.25) is 0 Å². The summed E-state index contributed by atoms with van der Waals surface area (Å²) in [5.41, 5.74) is 0.629. The van der Waals surface area contributed by atoms with E-state index in [-0.39, 0.29) is 5.91 Å². The lowest BCUT2D eigenvalue weighted by atomic mass is 10.2. The second kappa shape index (κ2) is 9.12. The molecule has 138 valence electrons. The third kappa shape index (κ3) is 5.39. The first-order valence-electron chi connectivity index (χ1n) is 9.20. The Kier molecular flexibility index (Phi) is 6.61. The van der Waals surface area contributed by atoms with Crippen LogP contribution in [0.4, 0.5) is 5.82 Å². The smallest absolute Gasteiger partial charge is 0.252 e. The van der Waals surface area contributed by atoms with E-state index in [0.29, 0.717) is 12.1 Å². The van der Waals surface area contributed by atoms with Crippen LogP contribution in [0.15, 0.2) is 18.3 Å². The van der Waals surface area contributed by atoms with Crippen LogP contribution < -0.4 is 10.2 Å². The lowest BCUT2D eigenvalue weighted by molar-refractivity contribution is 0.0374. The van der Waals surface area contributed by atoms with Crippen LogP contribution in [0.5, 0.6) is 0 Å². The number of nitrogens with one attached hydrogen (secondary N) is 1. The minimum absolute atomic E-state index is 0.0422. The van der Waals surface area contributed by atoms with E-state index in [2.05, 4.69) is 32.0 Å². The molecule has 2 aliphatic heterocycles. The Morgan fingerprint density at radius 3 is 2.60 bits per heavy atom. The van der Waals surface area contributed by atoms with E-state index in [1.165, 1.54) is 0 Å². The van der Waals surface area contributed by atoms with Gasteiger partial charge in [-0.1, -0.05) is 0 Å². The zero-order valence-corrected chi connectivity index (χ0v) is 15.1. The number of morpholine rings is 1. The third-order valence-electron chi connectivity index (χ3n) is 4.88. The molecule has 0 spiro atoms. The van der Waals surface area contributed by atoms with Crippen molar-refractivity contribution in [3.05, 3.63) is 23.9 Å². The molecule has 2 fully saturated rings. The highest BCUT2D eigenvalue weighted by Crippen LogP contribution is 2.13. The zero-order chi connectivity index (χ0) is 17.5. The molecule has 1 aromatic heterocycles. The van der Waals surface area contributed by atoms with Gasteiger partial charge in [-0.25, -0.2) is 4.98 Å². The van der Waals surface area contributed by atoms with Crippen LogP contribution >= 0.6 is 0 Å². The molecule has 0 aliphatic carbocycles. The van der Waals surface area contributed by atoms with Crippen molar-refractivity contribution in [3.8, 4) is 0 Å². The van der Waals surface area contributed by atoms with Crippen molar-refractivity contribution in [1.29, 1.82) is 0 Å². The van der Waals surface area contributed by atoms with Crippen LogP contribution in [0.25, 0.3) is 0 Å². The Morgan fingerprint density at radius 1 is 1.16 bits per heavy atom. The number of likely N-dealkylation sites (N-methyl/N-ethyl adjacent to an activating group) is 1. The molecule has 0 aromatic carbocycles. The van der Waals surface area contributed by atoms with E-state index in [0.717, 1.165) is 71.3 Å². The maximum atomic E-state index is 12.2. The van der Waals surface area contributed by atoms with Crippen LogP contribution in [-0.4, -0.2) is 93.3 Å². The SMILES string of the molecule is CN1CCN(c2ccc(C(=O)NCCCN3CCOCC3)cn2)CC1. The molecular formula is C18H29N5O2. The summed E-state index contributed by atoms with van der Waals surface area (Å²) in [5, 5.41) is 2.99. The summed E-state index contributed by atoms with van der Waals surface area (Å²) in [6.07, 6.45) is 2.64. The number of amides is 1. The zero-order valence-electron chi connectivity index (χ0n) is 15.1. The summed E-state index contributed by atoms with van der Waals surface area (Å²) in [6, 6.07) is 3.83.